The number of aromatic nitrogens is 4. The van der Waals surface area contributed by atoms with Gasteiger partial charge in [-0.05, 0) is 6.07 Å². The van der Waals surface area contributed by atoms with Gasteiger partial charge < -0.3 is 5.73 Å². The van der Waals surface area contributed by atoms with Crippen LogP contribution < -0.4 is 5.73 Å². The molecule has 0 bridgehead atoms. The first-order valence-corrected chi connectivity index (χ1v) is 4.45. The van der Waals surface area contributed by atoms with Crippen LogP contribution >= 0.6 is 0 Å². The van der Waals surface area contributed by atoms with Crippen LogP contribution in [0.5, 0.6) is 0 Å². The molecular weight excluding hydrogens is 235 g/mol. The molecule has 0 aliphatic rings. The molecule has 0 amide bonds. The third-order valence-corrected chi connectivity index (χ3v) is 1.86. The summed E-state index contributed by atoms with van der Waals surface area (Å²) in [7, 11) is 0. The van der Waals surface area contributed by atoms with E-state index in [-0.39, 0.29) is 11.4 Å². The van der Waals surface area contributed by atoms with Crippen LogP contribution in [0.25, 0.3) is 11.4 Å². The first kappa shape index (κ1) is 11.2. The molecule has 17 heavy (non-hydrogen) atoms. The Hall–Kier alpha value is -2.25. The molecule has 0 fully saturated rings. The quantitative estimate of drug-likeness (QED) is 0.819. The van der Waals surface area contributed by atoms with E-state index < -0.39 is 17.8 Å². The van der Waals surface area contributed by atoms with Crippen molar-refractivity contribution < 1.29 is 13.2 Å². The van der Waals surface area contributed by atoms with Gasteiger partial charge in [-0.1, -0.05) is 0 Å². The fourth-order valence-electron chi connectivity index (χ4n) is 1.17. The van der Waals surface area contributed by atoms with Crippen LogP contribution in [0.2, 0.25) is 0 Å². The summed E-state index contributed by atoms with van der Waals surface area (Å²) in [6.07, 6.45) is -0.532. The van der Waals surface area contributed by atoms with E-state index in [0.29, 0.717) is 0 Å². The monoisotopic (exact) mass is 241 g/mol. The minimum Gasteiger partial charge on any atom is -0.368 e. The van der Waals surface area contributed by atoms with Crippen molar-refractivity contribution in [3.63, 3.8) is 0 Å². The highest BCUT2D eigenvalue weighted by Gasteiger charge is 2.33. The third kappa shape index (κ3) is 2.47. The molecule has 0 aromatic carbocycles. The molecule has 0 saturated heterocycles. The van der Waals surface area contributed by atoms with Gasteiger partial charge >= 0.3 is 6.18 Å². The molecule has 2 aromatic heterocycles. The van der Waals surface area contributed by atoms with Crippen molar-refractivity contribution in [3.8, 4) is 11.4 Å². The van der Waals surface area contributed by atoms with Gasteiger partial charge in [0.2, 0.25) is 5.95 Å². The molecule has 0 atom stereocenters. The van der Waals surface area contributed by atoms with E-state index in [9.17, 15) is 13.2 Å². The lowest BCUT2D eigenvalue weighted by Crippen LogP contribution is -2.11. The first-order valence-electron chi connectivity index (χ1n) is 4.45. The number of hydrogen-bond acceptors (Lipinski definition) is 5. The Morgan fingerprint density at radius 3 is 2.41 bits per heavy atom. The van der Waals surface area contributed by atoms with Crippen LogP contribution in [0.15, 0.2) is 24.7 Å². The molecule has 0 spiro atoms. The van der Waals surface area contributed by atoms with Gasteiger partial charge in [0, 0.05) is 12.4 Å². The molecule has 5 nitrogen and oxygen atoms in total. The summed E-state index contributed by atoms with van der Waals surface area (Å²) in [5, 5.41) is 0. The Bertz CT molecular complexity index is 526. The maximum atomic E-state index is 12.5. The van der Waals surface area contributed by atoms with Gasteiger partial charge in [0.05, 0.1) is 11.9 Å². The summed E-state index contributed by atoms with van der Waals surface area (Å²) >= 11 is 0. The van der Waals surface area contributed by atoms with E-state index in [1.807, 2.05) is 0 Å². The standard InChI is InChI=1S/C9H6F3N5/c10-9(11,12)7-3-5(16-8(13)17-7)6-4-14-1-2-15-6/h1-4H,(H2,13,16,17). The molecule has 8 heteroatoms. The molecule has 88 valence electrons. The number of nitrogens with two attached hydrogens (primary N) is 1. The minimum atomic E-state index is -4.58. The van der Waals surface area contributed by atoms with E-state index in [0.717, 1.165) is 6.07 Å². The van der Waals surface area contributed by atoms with Gasteiger partial charge in [-0.3, -0.25) is 9.97 Å². The van der Waals surface area contributed by atoms with Gasteiger partial charge in [0.1, 0.15) is 5.69 Å². The summed E-state index contributed by atoms with van der Waals surface area (Å²) in [6.45, 7) is 0. The fraction of sp³-hybridized carbons (Fsp3) is 0.111. The maximum Gasteiger partial charge on any atom is 0.433 e. The molecule has 0 aliphatic carbocycles. The molecule has 2 heterocycles. The summed E-state index contributed by atoms with van der Waals surface area (Å²) in [5.74, 6) is -0.458. The molecule has 2 N–H and O–H groups in total. The van der Waals surface area contributed by atoms with Gasteiger partial charge in [-0.2, -0.15) is 13.2 Å². The van der Waals surface area contributed by atoms with Gasteiger partial charge in [-0.15, -0.1) is 0 Å². The molecule has 2 rings (SSSR count). The van der Waals surface area contributed by atoms with Crippen molar-refractivity contribution in [1.29, 1.82) is 0 Å². The lowest BCUT2D eigenvalue weighted by molar-refractivity contribution is -0.141. The van der Waals surface area contributed by atoms with Crippen LogP contribution in [-0.2, 0) is 6.18 Å². The predicted molar refractivity (Wildman–Crippen MR) is 52.5 cm³/mol. The summed E-state index contributed by atoms with van der Waals surface area (Å²) in [6, 6.07) is 0.778. The van der Waals surface area contributed by atoms with Crippen LogP contribution in [0.1, 0.15) is 5.69 Å². The molecule has 0 radical (unpaired) electrons. The summed E-state index contributed by atoms with van der Waals surface area (Å²) in [5.41, 5.74) is 4.30. The van der Waals surface area contributed by atoms with Gasteiger partial charge in [-0.25, -0.2) is 9.97 Å². The normalized spacial score (nSPS) is 11.5. The molecule has 0 aliphatic heterocycles. The zero-order valence-corrected chi connectivity index (χ0v) is 8.31. The smallest absolute Gasteiger partial charge is 0.368 e. The fourth-order valence-corrected chi connectivity index (χ4v) is 1.17. The first-order chi connectivity index (χ1) is 7.97. The van der Waals surface area contributed by atoms with E-state index in [1.54, 1.807) is 0 Å². The lowest BCUT2D eigenvalue weighted by Gasteiger charge is -2.07. The second-order valence-corrected chi connectivity index (χ2v) is 3.09. The van der Waals surface area contributed by atoms with Crippen molar-refractivity contribution in [2.45, 2.75) is 6.18 Å². The zero-order chi connectivity index (χ0) is 12.5. The van der Waals surface area contributed by atoms with Crippen LogP contribution in [-0.4, -0.2) is 19.9 Å². The number of hydrogen-bond donors (Lipinski definition) is 1. The van der Waals surface area contributed by atoms with Crippen LogP contribution in [0, 0.1) is 0 Å². The van der Waals surface area contributed by atoms with Crippen molar-refractivity contribution >= 4 is 5.95 Å². The van der Waals surface area contributed by atoms with Crippen LogP contribution in [0.3, 0.4) is 0 Å². The number of rotatable bonds is 1. The Morgan fingerprint density at radius 1 is 1.06 bits per heavy atom. The average molecular weight is 241 g/mol. The molecule has 0 unspecified atom stereocenters. The van der Waals surface area contributed by atoms with E-state index >= 15 is 0 Å². The van der Waals surface area contributed by atoms with E-state index in [2.05, 4.69) is 19.9 Å². The SMILES string of the molecule is Nc1nc(-c2cnccn2)cc(C(F)(F)F)n1. The highest BCUT2D eigenvalue weighted by atomic mass is 19.4. The maximum absolute atomic E-state index is 12.5. The Morgan fingerprint density at radius 2 is 1.82 bits per heavy atom. The average Bonchev–Trinajstić information content (AvgIpc) is 2.28. The van der Waals surface area contributed by atoms with E-state index in [1.165, 1.54) is 18.6 Å². The highest BCUT2D eigenvalue weighted by Crippen LogP contribution is 2.29. The predicted octanol–water partition coefficient (Wildman–Crippen LogP) is 1.53. The number of nitrogens with zero attached hydrogens (tertiary/aromatic N) is 4. The van der Waals surface area contributed by atoms with Crippen molar-refractivity contribution in [2.75, 3.05) is 5.73 Å². The van der Waals surface area contributed by atoms with E-state index in [4.69, 9.17) is 5.73 Å². The van der Waals surface area contributed by atoms with Crippen molar-refractivity contribution in [2.24, 2.45) is 0 Å². The Labute approximate surface area is 93.6 Å². The summed E-state index contributed by atoms with van der Waals surface area (Å²) < 4.78 is 37.4. The summed E-state index contributed by atoms with van der Waals surface area (Å²) in [4.78, 5) is 14.4. The molecule has 0 saturated carbocycles. The number of nitrogen functional groups attached to an aromatic ring is 1. The number of halogens is 3. The van der Waals surface area contributed by atoms with Crippen molar-refractivity contribution in [3.05, 3.63) is 30.4 Å². The minimum absolute atomic E-state index is 0.0158. The Balaban J connectivity index is 2.54. The molecule has 2 aromatic rings. The van der Waals surface area contributed by atoms with Gasteiger partial charge in [0.15, 0.2) is 5.69 Å². The largest absolute Gasteiger partial charge is 0.433 e. The second-order valence-electron chi connectivity index (χ2n) is 3.09. The Kier molecular flexibility index (Phi) is 2.62. The van der Waals surface area contributed by atoms with Crippen LogP contribution in [0.4, 0.5) is 19.1 Å². The molecular formula is C9H6F3N5. The third-order valence-electron chi connectivity index (χ3n) is 1.86. The number of alkyl halides is 3. The van der Waals surface area contributed by atoms with Gasteiger partial charge in [0.25, 0.3) is 0 Å². The topological polar surface area (TPSA) is 77.6 Å². The lowest BCUT2D eigenvalue weighted by atomic mass is 10.2. The number of anilines is 1. The highest BCUT2D eigenvalue weighted by molar-refractivity contribution is 5.54. The zero-order valence-electron chi connectivity index (χ0n) is 8.31. The second kappa shape index (κ2) is 3.96. The van der Waals surface area contributed by atoms with Crippen molar-refractivity contribution in [1.82, 2.24) is 19.9 Å².